The Morgan fingerprint density at radius 2 is 2.27 bits per heavy atom. The summed E-state index contributed by atoms with van der Waals surface area (Å²) in [4.78, 5) is 9.87. The van der Waals surface area contributed by atoms with E-state index >= 15 is 0 Å². The van der Waals surface area contributed by atoms with Crippen LogP contribution in [0.1, 0.15) is 6.42 Å². The highest BCUT2D eigenvalue weighted by Gasteiger charge is 2.15. The molecule has 0 bridgehead atoms. The summed E-state index contributed by atoms with van der Waals surface area (Å²) >= 11 is 0. The van der Waals surface area contributed by atoms with Crippen molar-refractivity contribution in [3.63, 3.8) is 0 Å². The maximum absolute atomic E-state index is 12.8. The van der Waals surface area contributed by atoms with Crippen molar-refractivity contribution in [2.45, 2.75) is 6.42 Å². The number of hydrogen-bond donors (Lipinski definition) is 1. The first-order valence-corrected chi connectivity index (χ1v) is 4.32. The minimum Gasteiger partial charge on any atom is -0.487 e. The average molecular weight is 215 g/mol. The predicted octanol–water partition coefficient (Wildman–Crippen LogP) is 1.50. The lowest BCUT2D eigenvalue weighted by Crippen LogP contribution is -2.02. The van der Waals surface area contributed by atoms with E-state index in [1.807, 2.05) is 0 Å². The van der Waals surface area contributed by atoms with Crippen molar-refractivity contribution in [1.82, 2.24) is 0 Å². The molecular formula is C9H10FNO4. The van der Waals surface area contributed by atoms with E-state index in [9.17, 15) is 14.5 Å². The Labute approximate surface area is 85.3 Å². The summed E-state index contributed by atoms with van der Waals surface area (Å²) in [6.07, 6.45) is 0.341. The normalized spacial score (nSPS) is 10.0. The molecule has 0 aliphatic rings. The molecule has 82 valence electrons. The summed E-state index contributed by atoms with van der Waals surface area (Å²) in [5.41, 5.74) is -0.283. The summed E-state index contributed by atoms with van der Waals surface area (Å²) < 4.78 is 17.7. The van der Waals surface area contributed by atoms with Gasteiger partial charge in [-0.1, -0.05) is 0 Å². The molecule has 1 rings (SSSR count). The Balaban J connectivity index is 2.82. The van der Waals surface area contributed by atoms with Crippen LogP contribution in [0.25, 0.3) is 0 Å². The zero-order valence-corrected chi connectivity index (χ0v) is 7.85. The fourth-order valence-electron chi connectivity index (χ4n) is 1.00. The summed E-state index contributed by atoms with van der Waals surface area (Å²) in [5.74, 6) is -0.715. The quantitative estimate of drug-likeness (QED) is 0.459. The Morgan fingerprint density at radius 3 is 2.87 bits per heavy atom. The third-order valence-electron chi connectivity index (χ3n) is 1.68. The molecule has 0 aromatic heterocycles. The topological polar surface area (TPSA) is 72.6 Å². The van der Waals surface area contributed by atoms with Crippen molar-refractivity contribution in [2.24, 2.45) is 0 Å². The number of nitro groups is 1. The van der Waals surface area contributed by atoms with Gasteiger partial charge in [-0.25, -0.2) is 4.39 Å². The monoisotopic (exact) mass is 215 g/mol. The lowest BCUT2D eigenvalue weighted by Gasteiger charge is -2.05. The fourth-order valence-corrected chi connectivity index (χ4v) is 1.00. The van der Waals surface area contributed by atoms with Crippen molar-refractivity contribution in [3.8, 4) is 5.75 Å². The largest absolute Gasteiger partial charge is 0.487 e. The van der Waals surface area contributed by atoms with Crippen LogP contribution in [-0.4, -0.2) is 23.2 Å². The highest BCUT2D eigenvalue weighted by molar-refractivity contribution is 5.46. The molecule has 0 saturated heterocycles. The SMILES string of the molecule is O=[N+]([O-])c1ccc(F)cc1OCCCO. The van der Waals surface area contributed by atoms with E-state index in [1.165, 1.54) is 0 Å². The Morgan fingerprint density at radius 1 is 1.53 bits per heavy atom. The van der Waals surface area contributed by atoms with Gasteiger partial charge in [0.2, 0.25) is 0 Å². The van der Waals surface area contributed by atoms with Gasteiger partial charge in [0.15, 0.2) is 5.75 Å². The first kappa shape index (κ1) is 11.4. The van der Waals surface area contributed by atoms with E-state index in [1.54, 1.807) is 0 Å². The molecule has 5 nitrogen and oxygen atoms in total. The van der Waals surface area contributed by atoms with E-state index in [2.05, 4.69) is 0 Å². The van der Waals surface area contributed by atoms with Crippen LogP contribution in [0.5, 0.6) is 5.75 Å². The van der Waals surface area contributed by atoms with E-state index in [4.69, 9.17) is 9.84 Å². The van der Waals surface area contributed by atoms with Gasteiger partial charge in [-0.05, 0) is 6.07 Å². The second-order valence-electron chi connectivity index (χ2n) is 2.79. The predicted molar refractivity (Wildman–Crippen MR) is 50.3 cm³/mol. The van der Waals surface area contributed by atoms with Crippen LogP contribution in [0.15, 0.2) is 18.2 Å². The second kappa shape index (κ2) is 5.26. The molecule has 1 aromatic carbocycles. The molecule has 0 unspecified atom stereocenters. The van der Waals surface area contributed by atoms with Gasteiger partial charge in [0.1, 0.15) is 5.82 Å². The number of hydrogen-bond acceptors (Lipinski definition) is 4. The smallest absolute Gasteiger partial charge is 0.311 e. The third kappa shape index (κ3) is 3.17. The molecule has 0 aliphatic carbocycles. The summed E-state index contributed by atoms with van der Waals surface area (Å²) in [5, 5.41) is 19.0. The molecule has 0 radical (unpaired) electrons. The maximum Gasteiger partial charge on any atom is 0.311 e. The first-order chi connectivity index (χ1) is 7.15. The Bertz CT molecular complexity index is 356. The molecule has 0 saturated carbocycles. The summed E-state index contributed by atoms with van der Waals surface area (Å²) in [7, 11) is 0. The van der Waals surface area contributed by atoms with Crippen molar-refractivity contribution >= 4 is 5.69 Å². The molecular weight excluding hydrogens is 205 g/mol. The molecule has 15 heavy (non-hydrogen) atoms. The zero-order valence-electron chi connectivity index (χ0n) is 7.85. The van der Waals surface area contributed by atoms with Crippen LogP contribution in [0.2, 0.25) is 0 Å². The molecule has 0 amide bonds. The molecule has 0 atom stereocenters. The van der Waals surface area contributed by atoms with Gasteiger partial charge < -0.3 is 9.84 Å². The number of nitrogens with zero attached hydrogens (tertiary/aromatic N) is 1. The number of nitro benzene ring substituents is 1. The lowest BCUT2D eigenvalue weighted by atomic mass is 10.3. The summed E-state index contributed by atoms with van der Waals surface area (Å²) in [6, 6.07) is 3.00. The number of benzene rings is 1. The van der Waals surface area contributed by atoms with Crippen LogP contribution in [0.4, 0.5) is 10.1 Å². The second-order valence-corrected chi connectivity index (χ2v) is 2.79. The van der Waals surface area contributed by atoms with Crippen LogP contribution in [-0.2, 0) is 0 Å². The van der Waals surface area contributed by atoms with Crippen LogP contribution in [0, 0.1) is 15.9 Å². The molecule has 1 N–H and O–H groups in total. The van der Waals surface area contributed by atoms with Crippen LogP contribution in [0.3, 0.4) is 0 Å². The Kier molecular flexibility index (Phi) is 3.99. The van der Waals surface area contributed by atoms with E-state index in [-0.39, 0.29) is 24.7 Å². The number of ether oxygens (including phenoxy) is 1. The highest BCUT2D eigenvalue weighted by atomic mass is 19.1. The van der Waals surface area contributed by atoms with Gasteiger partial charge in [0.05, 0.1) is 11.5 Å². The van der Waals surface area contributed by atoms with Crippen molar-refractivity contribution in [2.75, 3.05) is 13.2 Å². The van der Waals surface area contributed by atoms with Crippen molar-refractivity contribution < 1.29 is 19.2 Å². The zero-order chi connectivity index (χ0) is 11.3. The van der Waals surface area contributed by atoms with E-state index < -0.39 is 10.7 Å². The van der Waals surface area contributed by atoms with Gasteiger partial charge in [-0.2, -0.15) is 0 Å². The van der Waals surface area contributed by atoms with Crippen molar-refractivity contribution in [3.05, 3.63) is 34.1 Å². The minimum atomic E-state index is -0.645. The minimum absolute atomic E-state index is 0.0802. The van der Waals surface area contributed by atoms with Gasteiger partial charge in [-0.3, -0.25) is 10.1 Å². The Hall–Kier alpha value is -1.69. The molecule has 0 fully saturated rings. The first-order valence-electron chi connectivity index (χ1n) is 4.32. The number of rotatable bonds is 5. The van der Waals surface area contributed by atoms with Gasteiger partial charge >= 0.3 is 5.69 Å². The van der Waals surface area contributed by atoms with Crippen molar-refractivity contribution in [1.29, 1.82) is 0 Å². The number of halogens is 1. The molecule has 0 spiro atoms. The molecule has 0 aliphatic heterocycles. The van der Waals surface area contributed by atoms with Gasteiger partial charge in [0, 0.05) is 25.2 Å². The molecule has 0 heterocycles. The fraction of sp³-hybridized carbons (Fsp3) is 0.333. The van der Waals surface area contributed by atoms with E-state index in [0.717, 1.165) is 18.2 Å². The van der Waals surface area contributed by atoms with Gasteiger partial charge in [-0.15, -0.1) is 0 Å². The third-order valence-corrected chi connectivity index (χ3v) is 1.68. The lowest BCUT2D eigenvalue weighted by molar-refractivity contribution is -0.385. The molecule has 6 heteroatoms. The standard InChI is InChI=1S/C9H10FNO4/c10-7-2-3-8(11(13)14)9(6-7)15-5-1-4-12/h2-3,6,12H,1,4-5H2. The summed E-state index contributed by atoms with van der Waals surface area (Å²) in [6.45, 7) is 0.0317. The number of aliphatic hydroxyl groups is 1. The van der Waals surface area contributed by atoms with Crippen LogP contribution >= 0.6 is 0 Å². The molecule has 1 aromatic rings. The van der Waals surface area contributed by atoms with Gasteiger partial charge in [0.25, 0.3) is 0 Å². The average Bonchev–Trinajstić information content (AvgIpc) is 2.18. The van der Waals surface area contributed by atoms with E-state index in [0.29, 0.717) is 6.42 Å². The van der Waals surface area contributed by atoms with Crippen LogP contribution < -0.4 is 4.74 Å². The maximum atomic E-state index is 12.8. The number of aliphatic hydroxyl groups excluding tert-OH is 1. The highest BCUT2D eigenvalue weighted by Crippen LogP contribution is 2.27.